The minimum atomic E-state index is -4.14. The summed E-state index contributed by atoms with van der Waals surface area (Å²) < 4.78 is 51.9. The molecule has 1 unspecified atom stereocenters. The van der Waals surface area contributed by atoms with Crippen LogP contribution in [0.4, 0.5) is 17.6 Å². The molecule has 1 atom stereocenters. The zero-order valence-corrected chi connectivity index (χ0v) is 11.8. The molecule has 17 heavy (non-hydrogen) atoms. The fourth-order valence-electron chi connectivity index (χ4n) is 1.26. The van der Waals surface area contributed by atoms with E-state index in [0.717, 1.165) is 11.3 Å². The normalized spacial score (nSPS) is 14.4. The van der Waals surface area contributed by atoms with E-state index in [2.05, 4.69) is 21.2 Å². The third kappa shape index (κ3) is 3.33. The maximum atomic E-state index is 13.4. The van der Waals surface area contributed by atoms with Gasteiger partial charge in [-0.15, -0.1) is 11.3 Å². The highest BCUT2D eigenvalue weighted by molar-refractivity contribution is 9.11. The van der Waals surface area contributed by atoms with Crippen LogP contribution < -0.4 is 5.32 Å². The average Bonchev–Trinajstić information content (AvgIpc) is 2.54. The Hall–Kier alpha value is 0.150. The van der Waals surface area contributed by atoms with Crippen molar-refractivity contribution in [2.24, 2.45) is 0 Å². The van der Waals surface area contributed by atoms with Crippen LogP contribution >= 0.6 is 38.9 Å². The van der Waals surface area contributed by atoms with E-state index in [1.165, 1.54) is 6.07 Å². The summed E-state index contributed by atoms with van der Waals surface area (Å²) in [5.41, 5.74) is 0. The molecule has 0 radical (unpaired) electrons. The largest absolute Gasteiger partial charge is 0.327 e. The predicted octanol–water partition coefficient (Wildman–Crippen LogP) is 4.72. The van der Waals surface area contributed by atoms with Crippen LogP contribution in [0.15, 0.2) is 9.85 Å². The molecule has 0 aliphatic rings. The van der Waals surface area contributed by atoms with Crippen molar-refractivity contribution in [2.75, 3.05) is 6.54 Å². The molecule has 8 heteroatoms. The van der Waals surface area contributed by atoms with Gasteiger partial charge in [-0.2, -0.15) is 8.78 Å². The van der Waals surface area contributed by atoms with Gasteiger partial charge in [0.25, 0.3) is 0 Å². The first-order valence-electron chi connectivity index (χ1n) is 4.64. The molecule has 0 amide bonds. The summed E-state index contributed by atoms with van der Waals surface area (Å²) in [5.74, 6) is -4.14. The SMILES string of the molecule is CCNC(c1cc(Cl)c(Br)s1)C(F)(F)C(F)F. The smallest absolute Gasteiger partial charge is 0.304 e. The minimum Gasteiger partial charge on any atom is -0.304 e. The van der Waals surface area contributed by atoms with Crippen molar-refractivity contribution < 1.29 is 17.6 Å². The number of rotatable bonds is 5. The summed E-state index contributed by atoms with van der Waals surface area (Å²) in [5, 5.41) is 2.60. The van der Waals surface area contributed by atoms with Gasteiger partial charge in [0, 0.05) is 4.88 Å². The molecular weight excluding hydrogens is 346 g/mol. The van der Waals surface area contributed by atoms with Gasteiger partial charge >= 0.3 is 12.3 Å². The molecule has 1 heterocycles. The second-order valence-electron chi connectivity index (χ2n) is 3.24. The Balaban J connectivity index is 3.08. The zero-order chi connectivity index (χ0) is 13.2. The van der Waals surface area contributed by atoms with Crippen LogP contribution in [0.5, 0.6) is 0 Å². The first kappa shape index (κ1) is 15.2. The van der Waals surface area contributed by atoms with Crippen molar-refractivity contribution in [2.45, 2.75) is 25.3 Å². The van der Waals surface area contributed by atoms with Crippen LogP contribution in [0.3, 0.4) is 0 Å². The van der Waals surface area contributed by atoms with Gasteiger partial charge < -0.3 is 5.32 Å². The van der Waals surface area contributed by atoms with E-state index < -0.39 is 18.4 Å². The lowest BCUT2D eigenvalue weighted by Crippen LogP contribution is -2.42. The van der Waals surface area contributed by atoms with Gasteiger partial charge in [-0.3, -0.25) is 0 Å². The molecule has 0 aromatic carbocycles. The van der Waals surface area contributed by atoms with Crippen molar-refractivity contribution >= 4 is 38.9 Å². The molecule has 1 nitrogen and oxygen atoms in total. The number of hydrogen-bond acceptors (Lipinski definition) is 2. The van der Waals surface area contributed by atoms with Gasteiger partial charge in [-0.1, -0.05) is 18.5 Å². The Morgan fingerprint density at radius 3 is 2.47 bits per heavy atom. The number of nitrogens with one attached hydrogen (secondary N) is 1. The number of alkyl halides is 4. The maximum Gasteiger partial charge on any atom is 0.327 e. The monoisotopic (exact) mass is 353 g/mol. The third-order valence-corrected chi connectivity index (χ3v) is 4.57. The molecule has 0 saturated heterocycles. The van der Waals surface area contributed by atoms with Crippen molar-refractivity contribution in [3.63, 3.8) is 0 Å². The quantitative estimate of drug-likeness (QED) is 0.755. The number of thiophene rings is 1. The van der Waals surface area contributed by atoms with Crippen molar-refractivity contribution in [1.29, 1.82) is 0 Å². The van der Waals surface area contributed by atoms with Gasteiger partial charge in [-0.05, 0) is 28.5 Å². The molecular formula is C9H9BrClF4NS. The maximum absolute atomic E-state index is 13.4. The molecule has 1 N–H and O–H groups in total. The zero-order valence-electron chi connectivity index (χ0n) is 8.62. The lowest BCUT2D eigenvalue weighted by molar-refractivity contribution is -0.150. The highest BCUT2D eigenvalue weighted by Crippen LogP contribution is 2.42. The second kappa shape index (κ2) is 5.86. The van der Waals surface area contributed by atoms with Gasteiger partial charge in [0.15, 0.2) is 0 Å². The summed E-state index contributed by atoms with van der Waals surface area (Å²) in [6.07, 6.45) is -3.73. The van der Waals surface area contributed by atoms with Crippen LogP contribution in [-0.4, -0.2) is 18.9 Å². The molecule has 0 aliphatic carbocycles. The molecule has 0 bridgehead atoms. The van der Waals surface area contributed by atoms with Gasteiger partial charge in [-0.25, -0.2) is 8.78 Å². The Bertz CT molecular complexity index is 366. The first-order valence-corrected chi connectivity index (χ1v) is 6.63. The average molecular weight is 355 g/mol. The predicted molar refractivity (Wildman–Crippen MR) is 64.4 cm³/mol. The highest BCUT2D eigenvalue weighted by Gasteiger charge is 2.49. The molecule has 1 aromatic rings. The van der Waals surface area contributed by atoms with E-state index in [-0.39, 0.29) is 16.4 Å². The number of hydrogen-bond donors (Lipinski definition) is 1. The molecule has 0 aliphatic heterocycles. The van der Waals surface area contributed by atoms with E-state index in [1.807, 2.05) is 0 Å². The summed E-state index contributed by atoms with van der Waals surface area (Å²) in [6.45, 7) is 1.72. The van der Waals surface area contributed by atoms with Crippen LogP contribution in [0, 0.1) is 0 Å². The van der Waals surface area contributed by atoms with Crippen LogP contribution in [0.2, 0.25) is 5.02 Å². The summed E-state index contributed by atoms with van der Waals surface area (Å²) in [6, 6.07) is -0.471. The Morgan fingerprint density at radius 2 is 2.12 bits per heavy atom. The van der Waals surface area contributed by atoms with Crippen LogP contribution in [0.1, 0.15) is 17.8 Å². The van der Waals surface area contributed by atoms with E-state index in [0.29, 0.717) is 3.79 Å². The minimum absolute atomic E-state index is 0.0778. The van der Waals surface area contributed by atoms with Crippen LogP contribution in [0.25, 0.3) is 0 Å². The Morgan fingerprint density at radius 1 is 1.53 bits per heavy atom. The Labute approximate surface area is 113 Å². The number of halogens is 6. The highest BCUT2D eigenvalue weighted by atomic mass is 79.9. The van der Waals surface area contributed by atoms with Crippen molar-refractivity contribution in [3.05, 3.63) is 19.8 Å². The lowest BCUT2D eigenvalue weighted by atomic mass is 10.1. The molecule has 0 spiro atoms. The molecule has 0 fully saturated rings. The summed E-state index contributed by atoms with van der Waals surface area (Å²) in [4.78, 5) is 0.0778. The van der Waals surface area contributed by atoms with Gasteiger partial charge in [0.05, 0.1) is 8.81 Å². The standard InChI is InChI=1S/C9H9BrClF4NS/c1-2-16-6(9(14,15)8(12)13)5-3-4(11)7(10)17-5/h3,6,8,16H,2H2,1H3. The fourth-order valence-corrected chi connectivity index (χ4v) is 3.13. The van der Waals surface area contributed by atoms with E-state index in [4.69, 9.17) is 11.6 Å². The lowest BCUT2D eigenvalue weighted by Gasteiger charge is -2.25. The van der Waals surface area contributed by atoms with E-state index >= 15 is 0 Å². The summed E-state index contributed by atoms with van der Waals surface area (Å²) in [7, 11) is 0. The molecule has 0 saturated carbocycles. The first-order chi connectivity index (χ1) is 7.80. The van der Waals surface area contributed by atoms with Crippen molar-refractivity contribution in [1.82, 2.24) is 5.32 Å². The molecule has 1 rings (SSSR count). The van der Waals surface area contributed by atoms with Gasteiger partial charge in [0.1, 0.15) is 6.04 Å². The molecule has 98 valence electrons. The second-order valence-corrected chi connectivity index (χ2v) is 6.05. The van der Waals surface area contributed by atoms with Gasteiger partial charge in [0.2, 0.25) is 0 Å². The summed E-state index contributed by atoms with van der Waals surface area (Å²) >= 11 is 9.69. The van der Waals surface area contributed by atoms with E-state index in [1.54, 1.807) is 6.92 Å². The van der Waals surface area contributed by atoms with Crippen LogP contribution in [-0.2, 0) is 0 Å². The third-order valence-electron chi connectivity index (χ3n) is 2.03. The topological polar surface area (TPSA) is 12.0 Å². The van der Waals surface area contributed by atoms with E-state index in [9.17, 15) is 17.6 Å². The fraction of sp³-hybridized carbons (Fsp3) is 0.556. The van der Waals surface area contributed by atoms with Crippen molar-refractivity contribution in [3.8, 4) is 0 Å². The Kier molecular flexibility index (Phi) is 5.24. The molecule has 1 aromatic heterocycles.